The maximum Gasteiger partial charge on any atom is 0.135 e. The molecule has 0 radical (unpaired) electrons. The fourth-order valence-electron chi connectivity index (χ4n) is 5.18. The van der Waals surface area contributed by atoms with Gasteiger partial charge < -0.3 is 25.3 Å². The SMILES string of the molecule is CC(C)C1CN(c2cc(C(N(C)C)N(C)c3cc(N4CCNC(C(C)C)C4)ncn3)ncn2)CCN1. The Morgan fingerprint density at radius 2 is 1.31 bits per heavy atom. The zero-order chi connectivity index (χ0) is 25.8. The summed E-state index contributed by atoms with van der Waals surface area (Å²) >= 11 is 0. The molecule has 4 heterocycles. The van der Waals surface area contributed by atoms with E-state index in [1.807, 2.05) is 0 Å². The number of nitrogens with one attached hydrogen (secondary N) is 2. The highest BCUT2D eigenvalue weighted by Gasteiger charge is 2.28. The minimum atomic E-state index is -0.0928. The van der Waals surface area contributed by atoms with Gasteiger partial charge in [-0.2, -0.15) is 0 Å². The first-order valence-electron chi connectivity index (χ1n) is 13.2. The Kier molecular flexibility index (Phi) is 8.58. The molecule has 0 amide bonds. The number of hydrogen-bond donors (Lipinski definition) is 2. The molecule has 0 aromatic carbocycles. The molecule has 0 aliphatic carbocycles. The molecule has 0 bridgehead atoms. The summed E-state index contributed by atoms with van der Waals surface area (Å²) in [6.07, 6.45) is 3.28. The van der Waals surface area contributed by atoms with Crippen LogP contribution in [0.2, 0.25) is 0 Å². The summed E-state index contributed by atoms with van der Waals surface area (Å²) < 4.78 is 0. The van der Waals surface area contributed by atoms with Gasteiger partial charge in [0.15, 0.2) is 0 Å². The van der Waals surface area contributed by atoms with E-state index in [2.05, 4.69) is 106 Å². The highest BCUT2D eigenvalue weighted by Crippen LogP contribution is 2.29. The molecule has 10 nitrogen and oxygen atoms in total. The van der Waals surface area contributed by atoms with Gasteiger partial charge in [0.05, 0.1) is 5.69 Å². The van der Waals surface area contributed by atoms with E-state index in [0.29, 0.717) is 23.9 Å². The lowest BCUT2D eigenvalue weighted by atomic mass is 10.0. The molecule has 36 heavy (non-hydrogen) atoms. The van der Waals surface area contributed by atoms with Gasteiger partial charge in [-0.15, -0.1) is 0 Å². The number of nitrogens with zero attached hydrogens (tertiary/aromatic N) is 8. The lowest BCUT2D eigenvalue weighted by Crippen LogP contribution is -2.53. The van der Waals surface area contributed by atoms with Crippen LogP contribution < -0.4 is 25.3 Å². The first-order chi connectivity index (χ1) is 17.2. The molecule has 3 atom stereocenters. The molecule has 10 heteroatoms. The summed E-state index contributed by atoms with van der Waals surface area (Å²) in [5.74, 6) is 3.99. The molecule has 2 saturated heterocycles. The van der Waals surface area contributed by atoms with Crippen LogP contribution in [0.1, 0.15) is 39.6 Å². The Bertz CT molecular complexity index is 981. The second-order valence-corrected chi connectivity index (χ2v) is 11.0. The monoisotopic (exact) mass is 496 g/mol. The average molecular weight is 497 g/mol. The molecule has 4 rings (SSSR count). The smallest absolute Gasteiger partial charge is 0.135 e. The number of piperazine rings is 2. The van der Waals surface area contributed by atoms with Gasteiger partial charge in [-0.3, -0.25) is 4.90 Å². The number of anilines is 3. The van der Waals surface area contributed by atoms with Gasteiger partial charge in [-0.05, 0) is 25.9 Å². The van der Waals surface area contributed by atoms with Gasteiger partial charge in [0, 0.05) is 70.5 Å². The summed E-state index contributed by atoms with van der Waals surface area (Å²) in [6, 6.07) is 5.16. The van der Waals surface area contributed by atoms with E-state index in [4.69, 9.17) is 4.98 Å². The van der Waals surface area contributed by atoms with Crippen molar-refractivity contribution in [3.63, 3.8) is 0 Å². The van der Waals surface area contributed by atoms with Crippen molar-refractivity contribution in [2.24, 2.45) is 11.8 Å². The van der Waals surface area contributed by atoms with Gasteiger partial charge in [-0.1, -0.05) is 27.7 Å². The lowest BCUT2D eigenvalue weighted by molar-refractivity contribution is 0.289. The van der Waals surface area contributed by atoms with Crippen LogP contribution in [0.3, 0.4) is 0 Å². The Morgan fingerprint density at radius 3 is 1.83 bits per heavy atom. The van der Waals surface area contributed by atoms with Crippen molar-refractivity contribution in [3.05, 3.63) is 30.5 Å². The number of hydrogen-bond acceptors (Lipinski definition) is 10. The molecule has 2 aromatic heterocycles. The Morgan fingerprint density at radius 1 is 0.778 bits per heavy atom. The molecule has 2 aromatic rings. The van der Waals surface area contributed by atoms with Crippen LogP contribution in [0.5, 0.6) is 0 Å². The van der Waals surface area contributed by atoms with Crippen LogP contribution >= 0.6 is 0 Å². The molecule has 0 spiro atoms. The van der Waals surface area contributed by atoms with Gasteiger partial charge in [-0.25, -0.2) is 19.9 Å². The van der Waals surface area contributed by atoms with Gasteiger partial charge in [0.2, 0.25) is 0 Å². The fourth-order valence-corrected chi connectivity index (χ4v) is 5.18. The molecule has 198 valence electrons. The van der Waals surface area contributed by atoms with Crippen molar-refractivity contribution < 1.29 is 0 Å². The van der Waals surface area contributed by atoms with Crippen molar-refractivity contribution >= 4 is 17.5 Å². The Balaban J connectivity index is 1.56. The zero-order valence-corrected chi connectivity index (χ0v) is 23.0. The molecule has 2 fully saturated rings. The standard InChI is InChI=1S/C26H44N10/c1-18(2)21-14-35(10-8-27-21)24-12-20(29-16-31-24)26(33(5)6)34(7)23-13-25(32-17-30-23)36-11-9-28-22(15-36)19(3)4/h12-13,16-19,21-22,26-28H,8-11,14-15H2,1-7H3. The van der Waals surface area contributed by atoms with Crippen molar-refractivity contribution in [3.8, 4) is 0 Å². The van der Waals surface area contributed by atoms with Crippen molar-refractivity contribution in [1.82, 2.24) is 35.5 Å². The molecule has 2 N–H and O–H groups in total. The maximum atomic E-state index is 4.70. The highest BCUT2D eigenvalue weighted by molar-refractivity contribution is 5.52. The van der Waals surface area contributed by atoms with Crippen LogP contribution in [-0.4, -0.2) is 97.3 Å². The largest absolute Gasteiger partial charge is 0.354 e. The van der Waals surface area contributed by atoms with E-state index in [0.717, 1.165) is 62.4 Å². The van der Waals surface area contributed by atoms with Crippen LogP contribution in [0.25, 0.3) is 0 Å². The second kappa shape index (κ2) is 11.7. The average Bonchev–Trinajstić information content (AvgIpc) is 2.89. The third-order valence-electron chi connectivity index (χ3n) is 7.46. The van der Waals surface area contributed by atoms with Crippen LogP contribution in [-0.2, 0) is 0 Å². The van der Waals surface area contributed by atoms with Crippen molar-refractivity contribution in [2.45, 2.75) is 45.9 Å². The van der Waals surface area contributed by atoms with Crippen molar-refractivity contribution in [1.29, 1.82) is 0 Å². The molecule has 0 saturated carbocycles. The summed E-state index contributed by atoms with van der Waals surface area (Å²) in [6.45, 7) is 14.8. The number of aromatic nitrogens is 4. The van der Waals surface area contributed by atoms with Gasteiger partial charge in [0.25, 0.3) is 0 Å². The molecule has 3 unspecified atom stereocenters. The quantitative estimate of drug-likeness (QED) is 0.528. The van der Waals surface area contributed by atoms with Crippen LogP contribution in [0.4, 0.5) is 17.5 Å². The Labute approximate surface area is 216 Å². The van der Waals surface area contributed by atoms with Gasteiger partial charge >= 0.3 is 0 Å². The van der Waals surface area contributed by atoms with E-state index < -0.39 is 0 Å². The van der Waals surface area contributed by atoms with E-state index in [1.54, 1.807) is 12.7 Å². The predicted octanol–water partition coefficient (Wildman–Crippen LogP) is 1.83. The van der Waals surface area contributed by atoms with E-state index >= 15 is 0 Å². The second-order valence-electron chi connectivity index (χ2n) is 11.0. The molecule has 2 aliphatic heterocycles. The number of rotatable bonds is 8. The van der Waals surface area contributed by atoms with Gasteiger partial charge in [0.1, 0.15) is 36.3 Å². The summed E-state index contributed by atoms with van der Waals surface area (Å²) in [4.78, 5) is 27.7. The van der Waals surface area contributed by atoms with Crippen molar-refractivity contribution in [2.75, 3.05) is 75.1 Å². The summed E-state index contributed by atoms with van der Waals surface area (Å²) in [7, 11) is 6.23. The third-order valence-corrected chi connectivity index (χ3v) is 7.46. The molecular formula is C26H44N10. The summed E-state index contributed by atoms with van der Waals surface area (Å²) in [5.41, 5.74) is 0.953. The van der Waals surface area contributed by atoms with E-state index in [1.165, 1.54) is 0 Å². The summed E-state index contributed by atoms with van der Waals surface area (Å²) in [5, 5.41) is 7.26. The fraction of sp³-hybridized carbons (Fsp3) is 0.692. The lowest BCUT2D eigenvalue weighted by Gasteiger charge is -2.38. The highest BCUT2D eigenvalue weighted by atomic mass is 15.4. The Hall–Kier alpha value is -2.56. The maximum absolute atomic E-state index is 4.70. The first-order valence-corrected chi connectivity index (χ1v) is 13.2. The molecular weight excluding hydrogens is 452 g/mol. The molecule has 2 aliphatic rings. The van der Waals surface area contributed by atoms with E-state index in [9.17, 15) is 0 Å². The third kappa shape index (κ3) is 6.04. The normalized spacial score (nSPS) is 21.9. The zero-order valence-electron chi connectivity index (χ0n) is 23.0. The van der Waals surface area contributed by atoms with E-state index in [-0.39, 0.29) is 6.17 Å². The van der Waals surface area contributed by atoms with Crippen LogP contribution in [0, 0.1) is 11.8 Å². The minimum Gasteiger partial charge on any atom is -0.354 e. The van der Waals surface area contributed by atoms with Crippen LogP contribution in [0.15, 0.2) is 24.8 Å². The minimum absolute atomic E-state index is 0.0928. The topological polar surface area (TPSA) is 88.6 Å². The first kappa shape index (κ1) is 26.5. The predicted molar refractivity (Wildman–Crippen MR) is 147 cm³/mol.